The van der Waals surface area contributed by atoms with E-state index in [-0.39, 0.29) is 5.57 Å². The lowest BCUT2D eigenvalue weighted by molar-refractivity contribution is -0.135. The second-order valence-electron chi connectivity index (χ2n) is 3.64. The van der Waals surface area contributed by atoms with Crippen molar-refractivity contribution in [2.45, 2.75) is 13.8 Å². The summed E-state index contributed by atoms with van der Waals surface area (Å²) in [5.74, 6) is -0.00493. The van der Waals surface area contributed by atoms with Crippen molar-refractivity contribution in [3.05, 3.63) is 34.9 Å². The summed E-state index contributed by atoms with van der Waals surface area (Å²) in [6.45, 7) is 4.34. The van der Waals surface area contributed by atoms with Crippen LogP contribution in [0, 0.1) is 18.3 Å². The molecule has 0 saturated carbocycles. The van der Waals surface area contributed by atoms with Gasteiger partial charge >= 0.3 is 5.97 Å². The maximum absolute atomic E-state index is 11.3. The first-order valence-corrected chi connectivity index (χ1v) is 5.56. The first kappa shape index (κ1) is 13.8. The van der Waals surface area contributed by atoms with Gasteiger partial charge in [-0.15, -0.1) is 0 Å². The molecule has 0 aliphatic rings. The molecule has 0 aromatic heterocycles. The van der Waals surface area contributed by atoms with Gasteiger partial charge in [-0.25, -0.2) is 4.79 Å². The number of benzene rings is 1. The smallest absolute Gasteiger partial charge is 0.348 e. The number of esters is 1. The van der Waals surface area contributed by atoms with Crippen LogP contribution in [0.15, 0.2) is 23.8 Å². The van der Waals surface area contributed by atoms with Crippen LogP contribution in [0.2, 0.25) is 0 Å². The average molecular weight is 245 g/mol. The first-order valence-electron chi connectivity index (χ1n) is 5.56. The SMILES string of the molecule is CCOc1cc(C)ccc1C=C(C#N)C(=O)OC. The van der Waals surface area contributed by atoms with Gasteiger partial charge < -0.3 is 9.47 Å². The predicted molar refractivity (Wildman–Crippen MR) is 68.0 cm³/mol. The second kappa shape index (κ2) is 6.45. The van der Waals surface area contributed by atoms with E-state index in [1.807, 2.05) is 32.0 Å². The van der Waals surface area contributed by atoms with Gasteiger partial charge in [-0.3, -0.25) is 0 Å². The molecule has 0 atom stereocenters. The minimum atomic E-state index is -0.652. The number of hydrogen-bond donors (Lipinski definition) is 0. The molecule has 94 valence electrons. The van der Waals surface area contributed by atoms with Crippen LogP contribution in [-0.2, 0) is 9.53 Å². The number of aryl methyl sites for hydroxylation is 1. The van der Waals surface area contributed by atoms with E-state index in [9.17, 15) is 4.79 Å². The molecule has 0 heterocycles. The molecule has 0 N–H and O–H groups in total. The fraction of sp³-hybridized carbons (Fsp3) is 0.286. The Morgan fingerprint density at radius 3 is 2.78 bits per heavy atom. The zero-order valence-corrected chi connectivity index (χ0v) is 10.7. The number of nitrogens with zero attached hydrogens (tertiary/aromatic N) is 1. The van der Waals surface area contributed by atoms with Crippen molar-refractivity contribution < 1.29 is 14.3 Å². The topological polar surface area (TPSA) is 59.3 Å². The summed E-state index contributed by atoms with van der Waals surface area (Å²) >= 11 is 0. The van der Waals surface area contributed by atoms with E-state index in [0.717, 1.165) is 5.56 Å². The van der Waals surface area contributed by atoms with E-state index in [1.165, 1.54) is 13.2 Å². The lowest BCUT2D eigenvalue weighted by Crippen LogP contribution is -2.03. The maximum Gasteiger partial charge on any atom is 0.348 e. The van der Waals surface area contributed by atoms with Gasteiger partial charge in [-0.2, -0.15) is 5.26 Å². The van der Waals surface area contributed by atoms with Crippen LogP contribution in [0.4, 0.5) is 0 Å². The molecule has 0 aliphatic heterocycles. The molecular formula is C14H15NO3. The van der Waals surface area contributed by atoms with Crippen molar-refractivity contribution in [1.82, 2.24) is 0 Å². The molecule has 4 nitrogen and oxygen atoms in total. The number of ether oxygens (including phenoxy) is 2. The largest absolute Gasteiger partial charge is 0.493 e. The molecule has 0 radical (unpaired) electrons. The summed E-state index contributed by atoms with van der Waals surface area (Å²) in [5, 5.41) is 8.90. The summed E-state index contributed by atoms with van der Waals surface area (Å²) in [5.41, 5.74) is 1.68. The van der Waals surface area contributed by atoms with Crippen LogP contribution in [-0.4, -0.2) is 19.7 Å². The van der Waals surface area contributed by atoms with Crippen molar-refractivity contribution in [1.29, 1.82) is 5.26 Å². The summed E-state index contributed by atoms with van der Waals surface area (Å²) in [7, 11) is 1.24. The highest BCUT2D eigenvalue weighted by atomic mass is 16.5. The Hall–Kier alpha value is -2.28. The number of carbonyl (C=O) groups excluding carboxylic acids is 1. The molecule has 0 unspecified atom stereocenters. The molecular weight excluding hydrogens is 230 g/mol. The Labute approximate surface area is 106 Å². The van der Waals surface area contributed by atoms with Crippen molar-refractivity contribution in [2.75, 3.05) is 13.7 Å². The van der Waals surface area contributed by atoms with Crippen LogP contribution in [0.3, 0.4) is 0 Å². The van der Waals surface area contributed by atoms with Crippen LogP contribution in [0.1, 0.15) is 18.1 Å². The molecule has 0 spiro atoms. The minimum Gasteiger partial charge on any atom is -0.493 e. The fourth-order valence-electron chi connectivity index (χ4n) is 1.44. The third-order valence-electron chi connectivity index (χ3n) is 2.29. The number of carbonyl (C=O) groups is 1. The van der Waals surface area contributed by atoms with E-state index in [2.05, 4.69) is 4.74 Å². The average Bonchev–Trinajstić information content (AvgIpc) is 2.37. The molecule has 4 heteroatoms. The third-order valence-corrected chi connectivity index (χ3v) is 2.29. The van der Waals surface area contributed by atoms with Crippen LogP contribution >= 0.6 is 0 Å². The Morgan fingerprint density at radius 1 is 1.50 bits per heavy atom. The number of methoxy groups -OCH3 is 1. The molecule has 1 aromatic carbocycles. The van der Waals surface area contributed by atoms with Gasteiger partial charge in [0.2, 0.25) is 0 Å². The summed E-state index contributed by atoms with van der Waals surface area (Å²) < 4.78 is 10.00. The lowest BCUT2D eigenvalue weighted by Gasteiger charge is -2.08. The Morgan fingerprint density at radius 2 is 2.22 bits per heavy atom. The molecule has 0 bridgehead atoms. The second-order valence-corrected chi connectivity index (χ2v) is 3.64. The van der Waals surface area contributed by atoms with Crippen molar-refractivity contribution in [2.24, 2.45) is 0 Å². The van der Waals surface area contributed by atoms with Gasteiger partial charge in [0.25, 0.3) is 0 Å². The Bertz CT molecular complexity index is 512. The first-order chi connectivity index (χ1) is 8.62. The maximum atomic E-state index is 11.3. The van der Waals surface area contributed by atoms with Crippen LogP contribution in [0.5, 0.6) is 5.75 Å². The van der Waals surface area contributed by atoms with Gasteiger partial charge in [0.1, 0.15) is 17.4 Å². The summed E-state index contributed by atoms with van der Waals surface area (Å²) in [4.78, 5) is 11.3. The highest BCUT2D eigenvalue weighted by molar-refractivity contribution is 5.98. The molecule has 0 aliphatic carbocycles. The summed E-state index contributed by atoms with van der Waals surface area (Å²) in [6.07, 6.45) is 1.47. The van der Waals surface area contributed by atoms with Crippen molar-refractivity contribution >= 4 is 12.0 Å². The number of nitriles is 1. The zero-order chi connectivity index (χ0) is 13.5. The van der Waals surface area contributed by atoms with Crippen LogP contribution in [0.25, 0.3) is 6.08 Å². The monoisotopic (exact) mass is 245 g/mol. The van der Waals surface area contributed by atoms with E-state index in [1.54, 1.807) is 6.07 Å². The predicted octanol–water partition coefficient (Wildman–Crippen LogP) is 2.47. The molecule has 0 fully saturated rings. The number of rotatable bonds is 4. The Kier molecular flexibility index (Phi) is 4.94. The zero-order valence-electron chi connectivity index (χ0n) is 10.7. The Balaban J connectivity index is 3.20. The normalized spacial score (nSPS) is 10.7. The quantitative estimate of drug-likeness (QED) is 0.464. The summed E-state index contributed by atoms with van der Waals surface area (Å²) in [6, 6.07) is 7.37. The molecule has 0 saturated heterocycles. The van der Waals surface area contributed by atoms with E-state index < -0.39 is 5.97 Å². The van der Waals surface area contributed by atoms with E-state index in [0.29, 0.717) is 17.9 Å². The fourth-order valence-corrected chi connectivity index (χ4v) is 1.44. The molecule has 1 aromatic rings. The van der Waals surface area contributed by atoms with Gasteiger partial charge in [-0.05, 0) is 31.6 Å². The minimum absolute atomic E-state index is 0.0534. The van der Waals surface area contributed by atoms with Gasteiger partial charge in [-0.1, -0.05) is 12.1 Å². The highest BCUT2D eigenvalue weighted by Crippen LogP contribution is 2.23. The highest BCUT2D eigenvalue weighted by Gasteiger charge is 2.10. The third kappa shape index (κ3) is 3.36. The lowest BCUT2D eigenvalue weighted by atomic mass is 10.1. The standard InChI is InChI=1S/C14H15NO3/c1-4-18-13-7-10(2)5-6-11(13)8-12(9-15)14(16)17-3/h5-8H,4H2,1-3H3. The van der Waals surface area contributed by atoms with Gasteiger partial charge in [0.15, 0.2) is 0 Å². The van der Waals surface area contributed by atoms with Crippen molar-refractivity contribution in [3.8, 4) is 11.8 Å². The molecule has 1 rings (SSSR count). The van der Waals surface area contributed by atoms with Gasteiger partial charge in [0.05, 0.1) is 13.7 Å². The van der Waals surface area contributed by atoms with E-state index in [4.69, 9.17) is 10.00 Å². The van der Waals surface area contributed by atoms with Crippen molar-refractivity contribution in [3.63, 3.8) is 0 Å². The van der Waals surface area contributed by atoms with Crippen LogP contribution < -0.4 is 4.74 Å². The van der Waals surface area contributed by atoms with E-state index >= 15 is 0 Å². The van der Waals surface area contributed by atoms with Gasteiger partial charge in [0, 0.05) is 5.56 Å². The molecule has 18 heavy (non-hydrogen) atoms. The number of hydrogen-bond acceptors (Lipinski definition) is 4. The molecule has 0 amide bonds.